The van der Waals surface area contributed by atoms with Gasteiger partial charge in [-0.05, 0) is 24.3 Å². The predicted molar refractivity (Wildman–Crippen MR) is 83.8 cm³/mol. The second-order valence-electron chi connectivity index (χ2n) is 5.73. The Morgan fingerprint density at radius 2 is 1.71 bits per heavy atom. The number of carbonyl (C=O) groups is 1. The molecule has 0 aliphatic heterocycles. The van der Waals surface area contributed by atoms with Gasteiger partial charge in [0.05, 0.1) is 0 Å². The summed E-state index contributed by atoms with van der Waals surface area (Å²) in [4.78, 5) is 11.9. The number of nitrogens with one attached hydrogen (secondary N) is 3. The van der Waals surface area contributed by atoms with Crippen LogP contribution < -0.4 is 16.0 Å². The fourth-order valence-electron chi connectivity index (χ4n) is 1.69. The number of nitrogens with zero attached hydrogens (tertiary/aromatic N) is 1. The van der Waals surface area contributed by atoms with Gasteiger partial charge >= 0.3 is 6.03 Å². The molecule has 6 heteroatoms. The Morgan fingerprint density at radius 3 is 2.24 bits per heavy atom. The quantitative estimate of drug-likeness (QED) is 0.805. The van der Waals surface area contributed by atoms with Gasteiger partial charge < -0.3 is 15.2 Å². The summed E-state index contributed by atoms with van der Waals surface area (Å²) in [6.45, 7) is 6.04. The number of amides is 2. The first-order valence-corrected chi connectivity index (χ1v) is 6.71. The lowest BCUT2D eigenvalue weighted by Crippen LogP contribution is -2.19. The van der Waals surface area contributed by atoms with Crippen molar-refractivity contribution in [2.75, 3.05) is 23.0 Å². The van der Waals surface area contributed by atoms with E-state index in [4.69, 9.17) is 4.52 Å². The summed E-state index contributed by atoms with van der Waals surface area (Å²) in [5.41, 5.74) is 1.53. The molecule has 0 unspecified atom stereocenters. The van der Waals surface area contributed by atoms with Crippen molar-refractivity contribution in [3.63, 3.8) is 0 Å². The van der Waals surface area contributed by atoms with E-state index in [1.807, 2.05) is 52.1 Å². The first kappa shape index (κ1) is 14.9. The van der Waals surface area contributed by atoms with Crippen LogP contribution in [0.3, 0.4) is 0 Å². The fraction of sp³-hybridized carbons (Fsp3) is 0.333. The minimum atomic E-state index is -0.360. The average molecular weight is 288 g/mol. The zero-order chi connectivity index (χ0) is 15.5. The molecule has 0 saturated heterocycles. The van der Waals surface area contributed by atoms with E-state index in [1.165, 1.54) is 0 Å². The summed E-state index contributed by atoms with van der Waals surface area (Å²) in [7, 11) is 1.84. The van der Waals surface area contributed by atoms with Crippen molar-refractivity contribution in [2.24, 2.45) is 0 Å². The third kappa shape index (κ3) is 3.98. The highest BCUT2D eigenvalue weighted by atomic mass is 16.5. The number of anilines is 3. The first-order valence-electron chi connectivity index (χ1n) is 6.71. The van der Waals surface area contributed by atoms with Gasteiger partial charge in [-0.1, -0.05) is 25.9 Å². The number of aromatic nitrogens is 1. The van der Waals surface area contributed by atoms with E-state index in [0.29, 0.717) is 11.5 Å². The maximum atomic E-state index is 11.9. The van der Waals surface area contributed by atoms with E-state index in [-0.39, 0.29) is 11.4 Å². The van der Waals surface area contributed by atoms with Crippen LogP contribution >= 0.6 is 0 Å². The van der Waals surface area contributed by atoms with Gasteiger partial charge in [-0.25, -0.2) is 4.79 Å². The lowest BCUT2D eigenvalue weighted by Gasteiger charge is -2.12. The first-order chi connectivity index (χ1) is 9.88. The molecular weight excluding hydrogens is 268 g/mol. The molecule has 0 bridgehead atoms. The number of benzene rings is 1. The zero-order valence-electron chi connectivity index (χ0n) is 12.7. The third-order valence-corrected chi connectivity index (χ3v) is 2.92. The van der Waals surface area contributed by atoms with Crippen LogP contribution in [0.1, 0.15) is 26.5 Å². The van der Waals surface area contributed by atoms with E-state index in [2.05, 4.69) is 21.1 Å². The number of urea groups is 1. The van der Waals surface area contributed by atoms with Gasteiger partial charge in [0, 0.05) is 29.9 Å². The number of carbonyl (C=O) groups excluding carboxylic acids is 1. The smallest absolute Gasteiger partial charge is 0.324 e. The van der Waals surface area contributed by atoms with Crippen molar-refractivity contribution in [1.82, 2.24) is 5.16 Å². The normalized spacial score (nSPS) is 11.0. The third-order valence-electron chi connectivity index (χ3n) is 2.92. The van der Waals surface area contributed by atoms with Crippen LogP contribution in [0.4, 0.5) is 22.0 Å². The molecule has 0 saturated carbocycles. The van der Waals surface area contributed by atoms with Crippen molar-refractivity contribution >= 4 is 23.2 Å². The molecular formula is C15H20N4O2. The van der Waals surface area contributed by atoms with Gasteiger partial charge in [-0.3, -0.25) is 5.32 Å². The highest BCUT2D eigenvalue weighted by Crippen LogP contribution is 2.24. The molecule has 6 nitrogen and oxygen atoms in total. The van der Waals surface area contributed by atoms with E-state index in [1.54, 1.807) is 6.07 Å². The molecule has 2 amide bonds. The Kier molecular flexibility index (Phi) is 4.16. The highest BCUT2D eigenvalue weighted by Gasteiger charge is 2.20. The maximum Gasteiger partial charge on any atom is 0.324 e. The Hall–Kier alpha value is -2.50. The second kappa shape index (κ2) is 5.87. The van der Waals surface area contributed by atoms with Crippen LogP contribution in [-0.2, 0) is 5.41 Å². The number of rotatable bonds is 3. The van der Waals surface area contributed by atoms with E-state index in [0.717, 1.165) is 11.4 Å². The average Bonchev–Trinajstić information content (AvgIpc) is 2.88. The van der Waals surface area contributed by atoms with Crippen molar-refractivity contribution in [3.05, 3.63) is 36.1 Å². The summed E-state index contributed by atoms with van der Waals surface area (Å²) < 4.78 is 5.21. The molecule has 0 fully saturated rings. The lowest BCUT2D eigenvalue weighted by atomic mass is 9.93. The topological polar surface area (TPSA) is 79.2 Å². The van der Waals surface area contributed by atoms with Gasteiger partial charge in [0.25, 0.3) is 0 Å². The Bertz CT molecular complexity index is 611. The van der Waals surface area contributed by atoms with Gasteiger partial charge in [0.1, 0.15) is 5.76 Å². The van der Waals surface area contributed by atoms with E-state index >= 15 is 0 Å². The fourth-order valence-corrected chi connectivity index (χ4v) is 1.69. The minimum Gasteiger partial charge on any atom is -0.388 e. The van der Waals surface area contributed by atoms with E-state index < -0.39 is 0 Å². The minimum absolute atomic E-state index is 0.146. The van der Waals surface area contributed by atoms with Crippen molar-refractivity contribution in [1.29, 1.82) is 0 Å². The predicted octanol–water partition coefficient (Wildman–Crippen LogP) is 3.66. The van der Waals surface area contributed by atoms with Crippen LogP contribution in [-0.4, -0.2) is 18.2 Å². The molecule has 21 heavy (non-hydrogen) atoms. The number of hydrogen-bond acceptors (Lipinski definition) is 4. The second-order valence-corrected chi connectivity index (χ2v) is 5.73. The molecule has 2 aromatic rings. The molecule has 0 aliphatic rings. The molecule has 3 N–H and O–H groups in total. The summed E-state index contributed by atoms with van der Waals surface area (Å²) in [6.07, 6.45) is 0. The van der Waals surface area contributed by atoms with Crippen LogP contribution in [0.2, 0.25) is 0 Å². The van der Waals surface area contributed by atoms with Crippen molar-refractivity contribution in [2.45, 2.75) is 26.2 Å². The Balaban J connectivity index is 1.96. The van der Waals surface area contributed by atoms with Crippen LogP contribution in [0.25, 0.3) is 0 Å². The summed E-state index contributed by atoms with van der Waals surface area (Å²) >= 11 is 0. The lowest BCUT2D eigenvalue weighted by molar-refractivity contribution is 0.262. The monoisotopic (exact) mass is 288 g/mol. The summed E-state index contributed by atoms with van der Waals surface area (Å²) in [5.74, 6) is 1.11. The molecule has 0 aliphatic carbocycles. The standard InChI is InChI=1S/C15H20N4O2/c1-15(2,3)12-9-13(19-21-12)18-14(20)17-11-7-5-10(16-4)6-8-11/h5-9,16H,1-4H3,(H2,17,18,19,20). The molecule has 112 valence electrons. The molecule has 1 aromatic heterocycles. The summed E-state index contributed by atoms with van der Waals surface area (Å²) in [6, 6.07) is 8.75. The molecule has 2 rings (SSSR count). The van der Waals surface area contributed by atoms with Gasteiger partial charge in [0.2, 0.25) is 0 Å². The molecule has 1 aromatic carbocycles. The van der Waals surface area contributed by atoms with Crippen molar-refractivity contribution < 1.29 is 9.32 Å². The maximum absolute atomic E-state index is 11.9. The SMILES string of the molecule is CNc1ccc(NC(=O)Nc2cc(C(C)(C)C)on2)cc1. The van der Waals surface area contributed by atoms with Gasteiger partial charge in [-0.15, -0.1) is 0 Å². The molecule has 1 heterocycles. The van der Waals surface area contributed by atoms with E-state index in [9.17, 15) is 4.79 Å². The molecule has 0 atom stereocenters. The van der Waals surface area contributed by atoms with Gasteiger partial charge in [0.15, 0.2) is 5.82 Å². The van der Waals surface area contributed by atoms with Crippen LogP contribution in [0.5, 0.6) is 0 Å². The molecule has 0 radical (unpaired) electrons. The Morgan fingerprint density at radius 1 is 1.10 bits per heavy atom. The zero-order valence-corrected chi connectivity index (χ0v) is 12.7. The highest BCUT2D eigenvalue weighted by molar-refractivity contribution is 5.99. The largest absolute Gasteiger partial charge is 0.388 e. The molecule has 0 spiro atoms. The van der Waals surface area contributed by atoms with Crippen LogP contribution in [0, 0.1) is 0 Å². The van der Waals surface area contributed by atoms with Crippen molar-refractivity contribution in [3.8, 4) is 0 Å². The van der Waals surface area contributed by atoms with Gasteiger partial charge in [-0.2, -0.15) is 0 Å². The number of hydrogen-bond donors (Lipinski definition) is 3. The Labute approximate surface area is 123 Å². The van der Waals surface area contributed by atoms with Crippen LogP contribution in [0.15, 0.2) is 34.9 Å². The summed E-state index contributed by atoms with van der Waals surface area (Å²) in [5, 5.41) is 12.2.